The summed E-state index contributed by atoms with van der Waals surface area (Å²) < 4.78 is 1.76. The van der Waals surface area contributed by atoms with Gasteiger partial charge in [-0.2, -0.15) is 5.10 Å². The zero-order valence-electron chi connectivity index (χ0n) is 16.7. The molecule has 4 aromatic rings. The Morgan fingerprint density at radius 3 is 2.37 bits per heavy atom. The van der Waals surface area contributed by atoms with Crippen molar-refractivity contribution in [3.63, 3.8) is 0 Å². The van der Waals surface area contributed by atoms with E-state index in [2.05, 4.69) is 47.3 Å². The Kier molecular flexibility index (Phi) is 5.90. The summed E-state index contributed by atoms with van der Waals surface area (Å²) in [6.07, 6.45) is 3.32. The lowest BCUT2D eigenvalue weighted by Crippen LogP contribution is -2.17. The van der Waals surface area contributed by atoms with E-state index in [1.807, 2.05) is 36.4 Å². The van der Waals surface area contributed by atoms with E-state index in [0.29, 0.717) is 11.0 Å². The van der Waals surface area contributed by atoms with E-state index >= 15 is 0 Å². The molecule has 0 aliphatic heterocycles. The molecular weight excluding hydrogens is 394 g/mol. The van der Waals surface area contributed by atoms with Crippen LogP contribution < -0.4 is 5.32 Å². The highest BCUT2D eigenvalue weighted by atomic mass is 32.2. The summed E-state index contributed by atoms with van der Waals surface area (Å²) in [6, 6.07) is 19.7. The van der Waals surface area contributed by atoms with Gasteiger partial charge in [0.15, 0.2) is 5.16 Å². The highest BCUT2D eigenvalue weighted by Crippen LogP contribution is 2.26. The second kappa shape index (κ2) is 8.92. The second-order valence-corrected chi connectivity index (χ2v) is 7.85. The average Bonchev–Trinajstić information content (AvgIpc) is 3.17. The third-order valence-corrected chi connectivity index (χ3v) is 5.25. The number of aryl methyl sites for hydroxylation is 2. The molecule has 2 heterocycles. The van der Waals surface area contributed by atoms with E-state index in [4.69, 9.17) is 5.10 Å². The molecule has 0 aliphatic carbocycles. The van der Waals surface area contributed by atoms with Gasteiger partial charge in [0, 0.05) is 24.0 Å². The SMILES string of the molecule is Cc1cc(C)cc(-c2cc(NC(=O)CSc3ncccn3)n(-c3ccccc3)n2)c1. The first-order valence-electron chi connectivity index (χ1n) is 9.52. The first-order chi connectivity index (χ1) is 14.6. The van der Waals surface area contributed by atoms with Gasteiger partial charge in [-0.3, -0.25) is 4.79 Å². The molecule has 0 spiro atoms. The molecule has 0 fully saturated rings. The number of nitrogens with one attached hydrogen (secondary N) is 1. The van der Waals surface area contributed by atoms with Crippen molar-refractivity contribution >= 4 is 23.5 Å². The molecule has 0 radical (unpaired) electrons. The first kappa shape index (κ1) is 19.8. The third-order valence-electron chi connectivity index (χ3n) is 4.37. The molecule has 2 aromatic heterocycles. The van der Waals surface area contributed by atoms with Crippen molar-refractivity contribution in [1.29, 1.82) is 0 Å². The van der Waals surface area contributed by atoms with Gasteiger partial charge < -0.3 is 5.32 Å². The third kappa shape index (κ3) is 4.75. The largest absolute Gasteiger partial charge is 0.310 e. The highest BCUT2D eigenvalue weighted by Gasteiger charge is 2.15. The summed E-state index contributed by atoms with van der Waals surface area (Å²) in [4.78, 5) is 20.9. The van der Waals surface area contributed by atoms with Gasteiger partial charge in [-0.15, -0.1) is 0 Å². The molecule has 6 nitrogen and oxygen atoms in total. The van der Waals surface area contributed by atoms with Crippen LogP contribution >= 0.6 is 11.8 Å². The number of para-hydroxylation sites is 1. The molecule has 0 unspecified atom stereocenters. The standard InChI is InChI=1S/C23H21N5OS/c1-16-11-17(2)13-18(12-16)20-14-21(28(27-20)19-7-4-3-5-8-19)26-22(29)15-30-23-24-9-6-10-25-23/h3-14H,15H2,1-2H3,(H,26,29). The number of carbonyl (C=O) groups is 1. The van der Waals surface area contributed by atoms with Crippen LogP contribution in [0, 0.1) is 13.8 Å². The van der Waals surface area contributed by atoms with E-state index in [0.717, 1.165) is 16.9 Å². The molecule has 1 N–H and O–H groups in total. The summed E-state index contributed by atoms with van der Waals surface area (Å²) in [7, 11) is 0. The fourth-order valence-corrected chi connectivity index (χ4v) is 3.77. The van der Waals surface area contributed by atoms with Crippen molar-refractivity contribution in [1.82, 2.24) is 19.7 Å². The molecule has 0 saturated heterocycles. The lowest BCUT2D eigenvalue weighted by atomic mass is 10.1. The first-order valence-corrected chi connectivity index (χ1v) is 10.5. The van der Waals surface area contributed by atoms with Crippen LogP contribution in [0.15, 0.2) is 78.2 Å². The fourth-order valence-electron chi connectivity index (χ4n) is 3.17. The number of hydrogen-bond donors (Lipinski definition) is 1. The van der Waals surface area contributed by atoms with Gasteiger partial charge in [-0.1, -0.05) is 47.2 Å². The van der Waals surface area contributed by atoms with E-state index < -0.39 is 0 Å². The molecule has 0 aliphatic rings. The van der Waals surface area contributed by atoms with Crippen molar-refractivity contribution in [2.75, 3.05) is 11.1 Å². The van der Waals surface area contributed by atoms with Crippen molar-refractivity contribution in [3.05, 3.63) is 84.2 Å². The van der Waals surface area contributed by atoms with Crippen LogP contribution in [0.1, 0.15) is 11.1 Å². The minimum atomic E-state index is -0.142. The van der Waals surface area contributed by atoms with Gasteiger partial charge in [-0.25, -0.2) is 14.6 Å². The quantitative estimate of drug-likeness (QED) is 0.366. The highest BCUT2D eigenvalue weighted by molar-refractivity contribution is 7.99. The predicted octanol–water partition coefficient (Wildman–Crippen LogP) is 4.68. The Morgan fingerprint density at radius 1 is 0.967 bits per heavy atom. The van der Waals surface area contributed by atoms with E-state index in [-0.39, 0.29) is 11.7 Å². The normalized spacial score (nSPS) is 10.7. The molecule has 30 heavy (non-hydrogen) atoms. The molecular formula is C23H21N5OS. The Labute approximate surface area is 179 Å². The Morgan fingerprint density at radius 2 is 1.67 bits per heavy atom. The van der Waals surface area contributed by atoms with Crippen LogP contribution in [0.2, 0.25) is 0 Å². The molecule has 150 valence electrons. The number of thioether (sulfide) groups is 1. The number of amides is 1. The topological polar surface area (TPSA) is 72.7 Å². The Hall–Kier alpha value is -3.45. The Bertz CT molecular complexity index is 1140. The van der Waals surface area contributed by atoms with E-state index in [9.17, 15) is 4.79 Å². The number of aromatic nitrogens is 4. The molecule has 0 atom stereocenters. The van der Waals surface area contributed by atoms with Crippen molar-refractivity contribution in [3.8, 4) is 16.9 Å². The summed E-state index contributed by atoms with van der Waals surface area (Å²) in [5.41, 5.74) is 5.04. The van der Waals surface area contributed by atoms with Crippen molar-refractivity contribution in [2.45, 2.75) is 19.0 Å². The summed E-state index contributed by atoms with van der Waals surface area (Å²) >= 11 is 1.29. The van der Waals surface area contributed by atoms with Crippen LogP contribution in [0.4, 0.5) is 5.82 Å². The van der Waals surface area contributed by atoms with Crippen LogP contribution in [-0.2, 0) is 4.79 Å². The lowest BCUT2D eigenvalue weighted by Gasteiger charge is -2.08. The Balaban J connectivity index is 1.62. The summed E-state index contributed by atoms with van der Waals surface area (Å²) in [5.74, 6) is 0.689. The van der Waals surface area contributed by atoms with Gasteiger partial charge in [0.1, 0.15) is 5.82 Å². The van der Waals surface area contributed by atoms with Crippen LogP contribution in [-0.4, -0.2) is 31.4 Å². The molecule has 0 saturated carbocycles. The number of hydrogen-bond acceptors (Lipinski definition) is 5. The van der Waals surface area contributed by atoms with Gasteiger partial charge in [0.05, 0.1) is 17.1 Å². The maximum Gasteiger partial charge on any atom is 0.236 e. The predicted molar refractivity (Wildman–Crippen MR) is 120 cm³/mol. The molecule has 7 heteroatoms. The van der Waals surface area contributed by atoms with Crippen LogP contribution in [0.3, 0.4) is 0 Å². The van der Waals surface area contributed by atoms with E-state index in [1.54, 1.807) is 23.1 Å². The number of nitrogens with zero attached hydrogens (tertiary/aromatic N) is 4. The van der Waals surface area contributed by atoms with Crippen molar-refractivity contribution in [2.24, 2.45) is 0 Å². The maximum absolute atomic E-state index is 12.6. The molecule has 4 rings (SSSR count). The monoisotopic (exact) mass is 415 g/mol. The summed E-state index contributed by atoms with van der Waals surface area (Å²) in [5, 5.41) is 8.33. The van der Waals surface area contributed by atoms with Crippen molar-refractivity contribution < 1.29 is 4.79 Å². The minimum absolute atomic E-state index is 0.142. The number of carbonyl (C=O) groups excluding carboxylic acids is 1. The molecule has 0 bridgehead atoms. The maximum atomic E-state index is 12.6. The van der Waals surface area contributed by atoms with Gasteiger partial charge in [0.2, 0.25) is 5.91 Å². The molecule has 1 amide bonds. The minimum Gasteiger partial charge on any atom is -0.310 e. The van der Waals surface area contributed by atoms with E-state index in [1.165, 1.54) is 22.9 Å². The zero-order chi connectivity index (χ0) is 20.9. The van der Waals surface area contributed by atoms with Gasteiger partial charge in [-0.05, 0) is 44.2 Å². The van der Waals surface area contributed by atoms with Gasteiger partial charge >= 0.3 is 0 Å². The number of benzene rings is 2. The summed E-state index contributed by atoms with van der Waals surface area (Å²) in [6.45, 7) is 4.13. The fraction of sp³-hybridized carbons (Fsp3) is 0.130. The smallest absolute Gasteiger partial charge is 0.236 e. The lowest BCUT2D eigenvalue weighted by molar-refractivity contribution is -0.113. The number of anilines is 1. The molecule has 2 aromatic carbocycles. The average molecular weight is 416 g/mol. The second-order valence-electron chi connectivity index (χ2n) is 6.91. The van der Waals surface area contributed by atoms with Gasteiger partial charge in [0.25, 0.3) is 0 Å². The number of rotatable bonds is 6. The van der Waals surface area contributed by atoms with Crippen LogP contribution in [0.5, 0.6) is 0 Å². The zero-order valence-corrected chi connectivity index (χ0v) is 17.6. The van der Waals surface area contributed by atoms with Crippen LogP contribution in [0.25, 0.3) is 16.9 Å².